The lowest BCUT2D eigenvalue weighted by Gasteiger charge is -2.21. The minimum atomic E-state index is -0.485. The van der Waals surface area contributed by atoms with Gasteiger partial charge in [0.05, 0.1) is 0 Å². The molecule has 6 nitrogen and oxygen atoms in total. The van der Waals surface area contributed by atoms with Crippen molar-refractivity contribution in [2.75, 3.05) is 17.2 Å². The van der Waals surface area contributed by atoms with E-state index in [4.69, 9.17) is 9.47 Å². The normalized spacial score (nSPS) is 17.5. The first kappa shape index (κ1) is 17.5. The Bertz CT molecular complexity index is 804. The Morgan fingerprint density at radius 1 is 1.04 bits per heavy atom. The van der Waals surface area contributed by atoms with E-state index in [-0.39, 0.29) is 12.1 Å². The van der Waals surface area contributed by atoms with Crippen LogP contribution in [0, 0.1) is 0 Å². The van der Waals surface area contributed by atoms with E-state index in [0.717, 1.165) is 37.1 Å². The number of nitrogens with one attached hydrogen (secondary N) is 3. The van der Waals surface area contributed by atoms with E-state index in [2.05, 4.69) is 16.0 Å². The van der Waals surface area contributed by atoms with Crippen molar-refractivity contribution in [1.29, 1.82) is 0 Å². The van der Waals surface area contributed by atoms with Crippen LogP contribution in [0.4, 0.5) is 16.2 Å². The Kier molecular flexibility index (Phi) is 4.79. The van der Waals surface area contributed by atoms with Crippen molar-refractivity contribution in [1.82, 2.24) is 5.32 Å². The number of benzene rings is 2. The zero-order valence-corrected chi connectivity index (χ0v) is 15.5. The highest BCUT2D eigenvalue weighted by Crippen LogP contribution is 2.47. The molecule has 1 heterocycles. The maximum Gasteiger partial charge on any atom is 0.319 e. The van der Waals surface area contributed by atoms with Crippen LogP contribution in [0.5, 0.6) is 11.5 Å². The van der Waals surface area contributed by atoms with Crippen molar-refractivity contribution < 1.29 is 14.3 Å². The smallest absolute Gasteiger partial charge is 0.319 e. The van der Waals surface area contributed by atoms with Crippen molar-refractivity contribution in [2.24, 2.45) is 0 Å². The van der Waals surface area contributed by atoms with Crippen LogP contribution in [-0.4, -0.2) is 24.4 Å². The first-order chi connectivity index (χ1) is 13.1. The third-order valence-corrected chi connectivity index (χ3v) is 4.92. The van der Waals surface area contributed by atoms with Crippen molar-refractivity contribution in [3.63, 3.8) is 0 Å². The SMILES string of the molecule is CC(CNc1ccccc1)NC(=O)Nc1ccc2c(c1)OC1(CCCC1)O2. The number of amides is 2. The molecule has 0 radical (unpaired) electrons. The van der Waals surface area contributed by atoms with Gasteiger partial charge in [0, 0.05) is 42.9 Å². The highest BCUT2D eigenvalue weighted by atomic mass is 16.7. The Balaban J connectivity index is 1.29. The topological polar surface area (TPSA) is 71.6 Å². The van der Waals surface area contributed by atoms with Gasteiger partial charge in [0.15, 0.2) is 11.5 Å². The average molecular weight is 367 g/mol. The summed E-state index contributed by atoms with van der Waals surface area (Å²) in [6.45, 7) is 2.60. The third kappa shape index (κ3) is 4.10. The predicted molar refractivity (Wildman–Crippen MR) is 105 cm³/mol. The van der Waals surface area contributed by atoms with E-state index in [1.165, 1.54) is 0 Å². The van der Waals surface area contributed by atoms with E-state index in [1.54, 1.807) is 0 Å². The first-order valence-electron chi connectivity index (χ1n) is 9.50. The molecule has 1 aliphatic carbocycles. The fraction of sp³-hybridized carbons (Fsp3) is 0.381. The van der Waals surface area contributed by atoms with Crippen molar-refractivity contribution in [2.45, 2.75) is 44.4 Å². The fourth-order valence-corrected chi connectivity index (χ4v) is 3.56. The molecule has 4 rings (SSSR count). The van der Waals surface area contributed by atoms with Crippen LogP contribution < -0.4 is 25.4 Å². The van der Waals surface area contributed by atoms with E-state index >= 15 is 0 Å². The van der Waals surface area contributed by atoms with Gasteiger partial charge < -0.3 is 25.4 Å². The molecule has 0 saturated heterocycles. The van der Waals surface area contributed by atoms with Gasteiger partial charge in [0.1, 0.15) is 0 Å². The fourth-order valence-electron chi connectivity index (χ4n) is 3.56. The molecule has 1 saturated carbocycles. The molecular weight excluding hydrogens is 342 g/mol. The summed E-state index contributed by atoms with van der Waals surface area (Å²) in [5.41, 5.74) is 1.72. The highest BCUT2D eigenvalue weighted by Gasteiger charge is 2.44. The molecule has 2 aromatic rings. The van der Waals surface area contributed by atoms with Gasteiger partial charge >= 0.3 is 6.03 Å². The molecule has 2 aliphatic rings. The predicted octanol–water partition coefficient (Wildman–Crippen LogP) is 4.35. The maximum absolute atomic E-state index is 12.3. The first-order valence-corrected chi connectivity index (χ1v) is 9.50. The number of hydrogen-bond donors (Lipinski definition) is 3. The van der Waals surface area contributed by atoms with Gasteiger partial charge in [0.25, 0.3) is 5.79 Å². The van der Waals surface area contributed by atoms with E-state index in [0.29, 0.717) is 18.0 Å². The second-order valence-corrected chi connectivity index (χ2v) is 7.23. The van der Waals surface area contributed by atoms with Gasteiger partial charge in [0.2, 0.25) is 0 Å². The summed E-state index contributed by atoms with van der Waals surface area (Å²) in [7, 11) is 0. The maximum atomic E-state index is 12.3. The Morgan fingerprint density at radius 3 is 2.56 bits per heavy atom. The lowest BCUT2D eigenvalue weighted by atomic mass is 10.2. The Hall–Kier alpha value is -2.89. The Morgan fingerprint density at radius 2 is 1.78 bits per heavy atom. The summed E-state index contributed by atoms with van der Waals surface area (Å²) >= 11 is 0. The molecule has 2 amide bonds. The van der Waals surface area contributed by atoms with Crippen LogP contribution >= 0.6 is 0 Å². The number of carbonyl (C=O) groups is 1. The average Bonchev–Trinajstić information content (AvgIpc) is 3.26. The van der Waals surface area contributed by atoms with Crippen LogP contribution in [0.15, 0.2) is 48.5 Å². The molecule has 1 unspecified atom stereocenters. The van der Waals surface area contributed by atoms with Crippen LogP contribution in [-0.2, 0) is 0 Å². The van der Waals surface area contributed by atoms with Crippen molar-refractivity contribution in [3.8, 4) is 11.5 Å². The zero-order chi connectivity index (χ0) is 18.7. The standard InChI is InChI=1S/C21H25N3O3/c1-15(14-22-16-7-3-2-4-8-16)23-20(25)24-17-9-10-18-19(13-17)27-21(26-18)11-5-6-12-21/h2-4,7-10,13,15,22H,5-6,11-12,14H2,1H3,(H2,23,24,25). The number of rotatable bonds is 5. The number of ether oxygens (including phenoxy) is 2. The number of anilines is 2. The van der Waals surface area contributed by atoms with Crippen LogP contribution in [0.3, 0.4) is 0 Å². The van der Waals surface area contributed by atoms with E-state index in [9.17, 15) is 4.79 Å². The van der Waals surface area contributed by atoms with Crippen molar-refractivity contribution >= 4 is 17.4 Å². The van der Waals surface area contributed by atoms with Crippen LogP contribution in [0.2, 0.25) is 0 Å². The molecule has 1 aliphatic heterocycles. The number of para-hydroxylation sites is 1. The molecule has 3 N–H and O–H groups in total. The van der Waals surface area contributed by atoms with Crippen LogP contribution in [0.1, 0.15) is 32.6 Å². The second kappa shape index (κ2) is 7.39. The second-order valence-electron chi connectivity index (χ2n) is 7.23. The van der Waals surface area contributed by atoms with Crippen LogP contribution in [0.25, 0.3) is 0 Å². The summed E-state index contributed by atoms with van der Waals surface area (Å²) in [6.07, 6.45) is 4.07. The summed E-state index contributed by atoms with van der Waals surface area (Å²) in [5.74, 6) is 0.970. The molecule has 142 valence electrons. The molecule has 0 aromatic heterocycles. The lowest BCUT2D eigenvalue weighted by molar-refractivity contribution is -0.0716. The number of carbonyl (C=O) groups excluding carboxylic acids is 1. The van der Waals surface area contributed by atoms with Gasteiger partial charge in [-0.2, -0.15) is 0 Å². The van der Waals surface area contributed by atoms with Crippen molar-refractivity contribution in [3.05, 3.63) is 48.5 Å². The summed E-state index contributed by atoms with van der Waals surface area (Å²) in [5, 5.41) is 9.09. The molecule has 27 heavy (non-hydrogen) atoms. The van der Waals surface area contributed by atoms with Gasteiger partial charge in [-0.15, -0.1) is 0 Å². The van der Waals surface area contributed by atoms with Gasteiger partial charge in [-0.25, -0.2) is 4.79 Å². The molecule has 1 atom stereocenters. The van der Waals surface area contributed by atoms with Gasteiger partial charge in [-0.05, 0) is 44.0 Å². The number of hydrogen-bond acceptors (Lipinski definition) is 4. The molecule has 1 fully saturated rings. The lowest BCUT2D eigenvalue weighted by Crippen LogP contribution is -2.40. The molecule has 6 heteroatoms. The number of fused-ring (bicyclic) bond motifs is 1. The molecule has 1 spiro atoms. The zero-order valence-electron chi connectivity index (χ0n) is 15.5. The largest absolute Gasteiger partial charge is 0.448 e. The Labute approximate surface area is 159 Å². The quantitative estimate of drug-likeness (QED) is 0.735. The molecule has 0 bridgehead atoms. The minimum Gasteiger partial charge on any atom is -0.448 e. The van der Waals surface area contributed by atoms with Gasteiger partial charge in [-0.3, -0.25) is 0 Å². The monoisotopic (exact) mass is 367 g/mol. The summed E-state index contributed by atoms with van der Waals surface area (Å²) < 4.78 is 12.0. The van der Waals surface area contributed by atoms with E-state index < -0.39 is 5.79 Å². The summed E-state index contributed by atoms with van der Waals surface area (Å²) in [4.78, 5) is 12.3. The highest BCUT2D eigenvalue weighted by molar-refractivity contribution is 5.89. The minimum absolute atomic E-state index is 0.0269. The van der Waals surface area contributed by atoms with Gasteiger partial charge in [-0.1, -0.05) is 18.2 Å². The third-order valence-electron chi connectivity index (χ3n) is 4.92. The molecule has 2 aromatic carbocycles. The van der Waals surface area contributed by atoms with E-state index in [1.807, 2.05) is 55.5 Å². The number of urea groups is 1. The molecular formula is C21H25N3O3. The summed E-state index contributed by atoms with van der Waals surface area (Å²) in [6, 6.07) is 15.2.